The lowest BCUT2D eigenvalue weighted by Crippen LogP contribution is -2.47. The maximum absolute atomic E-state index is 13.6. The number of carbonyl (C=O) groups excluding carboxylic acids is 1. The molecule has 6 rings (SSSR count). The predicted molar refractivity (Wildman–Crippen MR) is 124 cm³/mol. The van der Waals surface area contributed by atoms with Crippen LogP contribution in [0.2, 0.25) is 0 Å². The van der Waals surface area contributed by atoms with Crippen molar-refractivity contribution in [2.75, 3.05) is 13.2 Å². The molecule has 2 aliphatic heterocycles. The molecular formula is C26H32N4O3. The summed E-state index contributed by atoms with van der Waals surface area (Å²) in [6.07, 6.45) is 10.3. The smallest absolute Gasteiger partial charge is 0.258 e. The first-order chi connectivity index (χ1) is 16.2. The number of hydrogen-bond acceptors (Lipinski definition) is 5. The third-order valence-electron chi connectivity index (χ3n) is 8.31. The molecule has 3 fully saturated rings. The van der Waals surface area contributed by atoms with Gasteiger partial charge in [-0.3, -0.25) is 19.5 Å². The SMILES string of the molecule is O=C(NC1CCCC1)[C@H]1[C@H](CO)[C@H]2Cn3c(ccc(-c4cccnc4)c3=O)[C@@H]1N2CC1CC1. The Morgan fingerprint density at radius 1 is 1.15 bits per heavy atom. The minimum atomic E-state index is -0.336. The van der Waals surface area contributed by atoms with E-state index in [2.05, 4.69) is 15.2 Å². The van der Waals surface area contributed by atoms with Gasteiger partial charge in [0.05, 0.1) is 12.0 Å². The van der Waals surface area contributed by atoms with E-state index in [0.717, 1.165) is 43.5 Å². The summed E-state index contributed by atoms with van der Waals surface area (Å²) in [5.41, 5.74) is 2.32. The number of fused-ring (bicyclic) bond motifs is 4. The number of aromatic nitrogens is 2. The minimum absolute atomic E-state index is 0.00530. The van der Waals surface area contributed by atoms with Gasteiger partial charge in [-0.2, -0.15) is 0 Å². The largest absolute Gasteiger partial charge is 0.396 e. The van der Waals surface area contributed by atoms with Crippen LogP contribution in [0.1, 0.15) is 50.3 Å². The van der Waals surface area contributed by atoms with Crippen molar-refractivity contribution < 1.29 is 9.90 Å². The van der Waals surface area contributed by atoms with E-state index in [-0.39, 0.29) is 48.0 Å². The molecule has 4 atom stereocenters. The van der Waals surface area contributed by atoms with Crippen LogP contribution < -0.4 is 10.9 Å². The van der Waals surface area contributed by atoms with Crippen LogP contribution >= 0.6 is 0 Å². The number of nitrogens with zero attached hydrogens (tertiary/aromatic N) is 3. The topological polar surface area (TPSA) is 87.5 Å². The fourth-order valence-corrected chi connectivity index (χ4v) is 6.48. The number of amides is 1. The minimum Gasteiger partial charge on any atom is -0.396 e. The van der Waals surface area contributed by atoms with Crippen LogP contribution in [0.3, 0.4) is 0 Å². The van der Waals surface area contributed by atoms with Gasteiger partial charge in [0.1, 0.15) is 0 Å². The molecule has 2 aromatic rings. The second-order valence-electron chi connectivity index (χ2n) is 10.3. The number of pyridine rings is 2. The molecule has 4 aliphatic rings. The molecule has 7 heteroatoms. The highest BCUT2D eigenvalue weighted by molar-refractivity contribution is 5.81. The Hall–Kier alpha value is -2.51. The molecule has 2 bridgehead atoms. The van der Waals surface area contributed by atoms with Gasteiger partial charge >= 0.3 is 0 Å². The molecule has 2 aromatic heterocycles. The lowest BCUT2D eigenvalue weighted by atomic mass is 9.86. The van der Waals surface area contributed by atoms with E-state index in [1.54, 1.807) is 12.4 Å². The number of rotatable bonds is 6. The van der Waals surface area contributed by atoms with Crippen molar-refractivity contribution in [1.29, 1.82) is 0 Å². The van der Waals surface area contributed by atoms with Crippen molar-refractivity contribution in [3.05, 3.63) is 52.7 Å². The molecule has 2 N–H and O–H groups in total. The summed E-state index contributed by atoms with van der Waals surface area (Å²) >= 11 is 0. The van der Waals surface area contributed by atoms with Crippen molar-refractivity contribution in [2.24, 2.45) is 17.8 Å². The molecule has 0 unspecified atom stereocenters. The van der Waals surface area contributed by atoms with Gasteiger partial charge in [-0.15, -0.1) is 0 Å². The molecule has 1 saturated heterocycles. The fourth-order valence-electron chi connectivity index (χ4n) is 6.48. The summed E-state index contributed by atoms with van der Waals surface area (Å²) in [5, 5.41) is 13.7. The Labute approximate surface area is 193 Å². The molecule has 33 heavy (non-hydrogen) atoms. The van der Waals surface area contributed by atoms with E-state index >= 15 is 0 Å². The number of nitrogens with one attached hydrogen (secondary N) is 1. The molecule has 7 nitrogen and oxygen atoms in total. The van der Waals surface area contributed by atoms with E-state index < -0.39 is 0 Å². The second-order valence-corrected chi connectivity index (χ2v) is 10.3. The van der Waals surface area contributed by atoms with Crippen LogP contribution in [0, 0.1) is 17.8 Å². The summed E-state index contributed by atoms with van der Waals surface area (Å²) in [6.45, 7) is 1.42. The van der Waals surface area contributed by atoms with E-state index in [0.29, 0.717) is 18.0 Å². The zero-order valence-corrected chi connectivity index (χ0v) is 18.9. The van der Waals surface area contributed by atoms with E-state index in [1.807, 2.05) is 28.8 Å². The molecule has 4 heterocycles. The van der Waals surface area contributed by atoms with Crippen LogP contribution in [0.15, 0.2) is 41.5 Å². The molecule has 0 aromatic carbocycles. The Balaban J connectivity index is 1.41. The van der Waals surface area contributed by atoms with Gasteiger partial charge in [-0.05, 0) is 49.8 Å². The van der Waals surface area contributed by atoms with Crippen LogP contribution in [-0.2, 0) is 11.3 Å². The number of aliphatic hydroxyl groups is 1. The monoisotopic (exact) mass is 448 g/mol. The predicted octanol–water partition coefficient (Wildman–Crippen LogP) is 2.34. The molecule has 2 saturated carbocycles. The highest BCUT2D eigenvalue weighted by Gasteiger charge is 2.56. The van der Waals surface area contributed by atoms with Crippen molar-refractivity contribution in [1.82, 2.24) is 19.8 Å². The van der Waals surface area contributed by atoms with E-state index in [1.165, 1.54) is 12.8 Å². The van der Waals surface area contributed by atoms with Crippen molar-refractivity contribution in [3.8, 4) is 11.1 Å². The lowest BCUT2D eigenvalue weighted by molar-refractivity contribution is -0.128. The Bertz CT molecular complexity index is 1090. The summed E-state index contributed by atoms with van der Waals surface area (Å²) in [4.78, 5) is 33.8. The van der Waals surface area contributed by atoms with Gasteiger partial charge in [0.15, 0.2) is 0 Å². The summed E-state index contributed by atoms with van der Waals surface area (Å²) in [6, 6.07) is 7.73. The fraction of sp³-hybridized carbons (Fsp3) is 0.577. The first-order valence-electron chi connectivity index (χ1n) is 12.5. The van der Waals surface area contributed by atoms with Crippen LogP contribution in [-0.4, -0.2) is 50.7 Å². The van der Waals surface area contributed by atoms with Gasteiger partial charge in [0, 0.05) is 66.9 Å². The van der Waals surface area contributed by atoms with Gasteiger partial charge in [-0.25, -0.2) is 0 Å². The Kier molecular flexibility index (Phi) is 5.34. The normalized spacial score (nSPS) is 29.2. The molecule has 0 spiro atoms. The molecule has 1 amide bonds. The average molecular weight is 449 g/mol. The number of aliphatic hydroxyl groups excluding tert-OH is 1. The Morgan fingerprint density at radius 2 is 1.97 bits per heavy atom. The maximum Gasteiger partial charge on any atom is 0.258 e. The lowest BCUT2D eigenvalue weighted by Gasteiger charge is -2.38. The van der Waals surface area contributed by atoms with E-state index in [4.69, 9.17) is 0 Å². The molecule has 174 valence electrons. The van der Waals surface area contributed by atoms with Gasteiger partial charge in [0.2, 0.25) is 5.91 Å². The third-order valence-corrected chi connectivity index (χ3v) is 8.31. The third kappa shape index (κ3) is 3.62. The molecular weight excluding hydrogens is 416 g/mol. The maximum atomic E-state index is 13.6. The number of hydrogen-bond donors (Lipinski definition) is 2. The summed E-state index contributed by atoms with van der Waals surface area (Å²) in [5.74, 6) is 0.207. The van der Waals surface area contributed by atoms with E-state index in [9.17, 15) is 14.7 Å². The van der Waals surface area contributed by atoms with Gasteiger partial charge in [0.25, 0.3) is 5.56 Å². The zero-order chi connectivity index (χ0) is 22.5. The first-order valence-corrected chi connectivity index (χ1v) is 12.5. The van der Waals surface area contributed by atoms with Crippen molar-refractivity contribution in [3.63, 3.8) is 0 Å². The summed E-state index contributed by atoms with van der Waals surface area (Å²) < 4.78 is 1.87. The zero-order valence-electron chi connectivity index (χ0n) is 18.9. The van der Waals surface area contributed by atoms with Gasteiger partial charge < -0.3 is 15.0 Å². The molecule has 0 radical (unpaired) electrons. The van der Waals surface area contributed by atoms with Gasteiger partial charge in [-0.1, -0.05) is 18.9 Å². The first kappa shape index (κ1) is 21.1. The second kappa shape index (κ2) is 8.37. The highest BCUT2D eigenvalue weighted by atomic mass is 16.3. The van der Waals surface area contributed by atoms with Crippen LogP contribution in [0.25, 0.3) is 11.1 Å². The quantitative estimate of drug-likeness (QED) is 0.708. The summed E-state index contributed by atoms with van der Waals surface area (Å²) in [7, 11) is 0. The number of carbonyl (C=O) groups is 1. The van der Waals surface area contributed by atoms with Crippen LogP contribution in [0.5, 0.6) is 0 Å². The van der Waals surface area contributed by atoms with Crippen LogP contribution in [0.4, 0.5) is 0 Å². The van der Waals surface area contributed by atoms with Crippen molar-refractivity contribution >= 4 is 5.91 Å². The Morgan fingerprint density at radius 3 is 2.67 bits per heavy atom. The average Bonchev–Trinajstić information content (AvgIpc) is 3.45. The van der Waals surface area contributed by atoms with Crippen molar-refractivity contribution in [2.45, 2.75) is 63.2 Å². The highest BCUT2D eigenvalue weighted by Crippen LogP contribution is 2.50. The molecule has 2 aliphatic carbocycles. The standard InChI is InChI=1S/C26H32N4O3/c31-15-20-22-14-30-21(10-9-19(26(30)33)17-4-3-11-27-12-17)24(29(22)13-16-7-8-16)23(20)25(32)28-18-5-1-2-6-18/h3-4,9-12,16,18,20,22-24,31H,1-2,5-8,13-15H2,(H,28,32)/t20-,22-,23+,24+/m1/s1.